The molecule has 0 aliphatic heterocycles. The Morgan fingerprint density at radius 2 is 2.10 bits per heavy atom. The van der Waals surface area contributed by atoms with E-state index in [0.29, 0.717) is 11.7 Å². The van der Waals surface area contributed by atoms with Crippen LogP contribution in [0.15, 0.2) is 29.0 Å². The van der Waals surface area contributed by atoms with Crippen LogP contribution in [0.25, 0.3) is 11.4 Å². The van der Waals surface area contributed by atoms with Gasteiger partial charge in [-0.15, -0.1) is 0 Å². The predicted octanol–water partition coefficient (Wildman–Crippen LogP) is 1.78. The summed E-state index contributed by atoms with van der Waals surface area (Å²) in [4.78, 5) is 17.0. The molecule has 0 fully saturated rings. The lowest BCUT2D eigenvalue weighted by Crippen LogP contribution is -2.21. The number of nitrogens with zero attached hydrogens (tertiary/aromatic N) is 3. The highest BCUT2D eigenvalue weighted by Crippen LogP contribution is 2.15. The van der Waals surface area contributed by atoms with Gasteiger partial charge < -0.3 is 15.4 Å². The molecule has 0 aliphatic carbocycles. The van der Waals surface area contributed by atoms with Crippen molar-refractivity contribution in [1.82, 2.24) is 15.1 Å². The van der Waals surface area contributed by atoms with Gasteiger partial charge in [0.15, 0.2) is 0 Å². The number of rotatable bonds is 2. The van der Waals surface area contributed by atoms with E-state index in [-0.39, 0.29) is 6.04 Å². The Balaban J connectivity index is 0.000000270. The van der Waals surface area contributed by atoms with Gasteiger partial charge in [0, 0.05) is 18.0 Å². The second kappa shape index (κ2) is 6.79. The summed E-state index contributed by atoms with van der Waals surface area (Å²) in [6, 6.07) is 3.44. The van der Waals surface area contributed by atoms with Crippen LogP contribution in [0.1, 0.15) is 18.9 Å². The van der Waals surface area contributed by atoms with Crippen LogP contribution in [0.2, 0.25) is 0 Å². The topological polar surface area (TPSA) is 115 Å². The molecule has 0 bridgehead atoms. The third kappa shape index (κ3) is 5.18. The number of nitrogens with two attached hydrogens (primary N) is 1. The van der Waals surface area contributed by atoms with Crippen molar-refractivity contribution in [2.75, 3.05) is 0 Å². The summed E-state index contributed by atoms with van der Waals surface area (Å²) in [6.45, 7) is 1.79. The van der Waals surface area contributed by atoms with Gasteiger partial charge in [0.25, 0.3) is 0 Å². The Morgan fingerprint density at radius 3 is 2.48 bits per heavy atom. The van der Waals surface area contributed by atoms with Crippen LogP contribution >= 0.6 is 0 Å². The molecule has 1 unspecified atom stereocenters. The fourth-order valence-corrected chi connectivity index (χ4v) is 1.03. The van der Waals surface area contributed by atoms with Gasteiger partial charge in [0.05, 0.1) is 6.04 Å². The zero-order chi connectivity index (χ0) is 16.0. The van der Waals surface area contributed by atoms with Gasteiger partial charge in [-0.25, -0.2) is 4.79 Å². The SMILES string of the molecule is CC(N)c1nc(-c2cccnc2)no1.O=C(O)C(F)(F)F. The number of hydrogen-bond acceptors (Lipinski definition) is 6. The van der Waals surface area contributed by atoms with Crippen LogP contribution in [0.3, 0.4) is 0 Å². The quantitative estimate of drug-likeness (QED) is 0.868. The molecule has 2 rings (SSSR count). The van der Waals surface area contributed by atoms with Gasteiger partial charge >= 0.3 is 12.1 Å². The van der Waals surface area contributed by atoms with Crippen molar-refractivity contribution in [3.8, 4) is 11.4 Å². The molecule has 0 saturated heterocycles. The van der Waals surface area contributed by atoms with Crippen LogP contribution in [-0.2, 0) is 4.79 Å². The molecule has 2 heterocycles. The lowest BCUT2D eigenvalue weighted by Gasteiger charge is -1.93. The van der Waals surface area contributed by atoms with Crippen molar-refractivity contribution >= 4 is 5.97 Å². The summed E-state index contributed by atoms with van der Waals surface area (Å²) >= 11 is 0. The maximum atomic E-state index is 10.6. The van der Waals surface area contributed by atoms with E-state index in [4.69, 9.17) is 20.2 Å². The third-order valence-electron chi connectivity index (χ3n) is 1.99. The number of hydrogen-bond donors (Lipinski definition) is 2. The van der Waals surface area contributed by atoms with Gasteiger partial charge in [-0.05, 0) is 19.1 Å². The lowest BCUT2D eigenvalue weighted by molar-refractivity contribution is -0.192. The van der Waals surface area contributed by atoms with Crippen LogP contribution in [-0.4, -0.2) is 32.4 Å². The van der Waals surface area contributed by atoms with Crippen LogP contribution in [0, 0.1) is 0 Å². The van der Waals surface area contributed by atoms with E-state index in [1.165, 1.54) is 0 Å². The first kappa shape index (κ1) is 16.6. The lowest BCUT2D eigenvalue weighted by atomic mass is 10.3. The number of carboxylic acid groups (broad SMARTS) is 1. The molecule has 0 saturated carbocycles. The summed E-state index contributed by atoms with van der Waals surface area (Å²) < 4.78 is 36.7. The second-order valence-corrected chi connectivity index (χ2v) is 3.79. The molecule has 10 heteroatoms. The normalized spacial score (nSPS) is 12.2. The zero-order valence-electron chi connectivity index (χ0n) is 10.7. The fourth-order valence-electron chi connectivity index (χ4n) is 1.03. The minimum Gasteiger partial charge on any atom is -0.475 e. The van der Waals surface area contributed by atoms with E-state index in [1.807, 2.05) is 12.1 Å². The Morgan fingerprint density at radius 1 is 1.48 bits per heavy atom. The molecule has 21 heavy (non-hydrogen) atoms. The molecular formula is C11H11F3N4O3. The molecule has 114 valence electrons. The molecule has 3 N–H and O–H groups in total. The molecule has 1 atom stereocenters. The van der Waals surface area contributed by atoms with Gasteiger partial charge in [0.1, 0.15) is 0 Å². The maximum absolute atomic E-state index is 10.6. The first-order chi connectivity index (χ1) is 9.71. The molecular weight excluding hydrogens is 293 g/mol. The minimum absolute atomic E-state index is 0.243. The Bertz CT molecular complexity index is 584. The van der Waals surface area contributed by atoms with Crippen molar-refractivity contribution in [3.63, 3.8) is 0 Å². The first-order valence-electron chi connectivity index (χ1n) is 5.51. The second-order valence-electron chi connectivity index (χ2n) is 3.79. The number of aliphatic carboxylic acids is 1. The molecule has 2 aromatic heterocycles. The van der Waals surface area contributed by atoms with Gasteiger partial charge in [-0.3, -0.25) is 4.98 Å². The zero-order valence-corrected chi connectivity index (χ0v) is 10.7. The fraction of sp³-hybridized carbons (Fsp3) is 0.273. The van der Waals surface area contributed by atoms with Crippen molar-refractivity contribution in [1.29, 1.82) is 0 Å². The molecule has 7 nitrogen and oxygen atoms in total. The van der Waals surface area contributed by atoms with Crippen LogP contribution < -0.4 is 5.73 Å². The maximum Gasteiger partial charge on any atom is 0.490 e. The average Bonchev–Trinajstić information content (AvgIpc) is 2.89. The highest BCUT2D eigenvalue weighted by molar-refractivity contribution is 5.73. The van der Waals surface area contributed by atoms with E-state index in [2.05, 4.69) is 15.1 Å². The highest BCUT2D eigenvalue weighted by atomic mass is 19.4. The van der Waals surface area contributed by atoms with Gasteiger partial charge in [0.2, 0.25) is 11.7 Å². The van der Waals surface area contributed by atoms with E-state index < -0.39 is 12.1 Å². The highest BCUT2D eigenvalue weighted by Gasteiger charge is 2.38. The van der Waals surface area contributed by atoms with Crippen molar-refractivity contribution in [2.24, 2.45) is 5.73 Å². The predicted molar refractivity (Wildman–Crippen MR) is 63.8 cm³/mol. The molecule has 2 aromatic rings. The molecule has 0 aliphatic rings. The number of aromatic nitrogens is 3. The Hall–Kier alpha value is -2.49. The number of carbonyl (C=O) groups is 1. The number of carboxylic acids is 1. The Kier molecular flexibility index (Phi) is 5.36. The van der Waals surface area contributed by atoms with E-state index in [9.17, 15) is 13.2 Å². The third-order valence-corrected chi connectivity index (χ3v) is 1.99. The van der Waals surface area contributed by atoms with E-state index >= 15 is 0 Å². The van der Waals surface area contributed by atoms with Crippen molar-refractivity contribution < 1.29 is 27.6 Å². The molecule has 0 spiro atoms. The van der Waals surface area contributed by atoms with Gasteiger partial charge in [-0.2, -0.15) is 18.2 Å². The standard InChI is InChI=1S/C9H10N4O.C2HF3O2/c1-6(10)9-12-8(13-14-9)7-3-2-4-11-5-7;3-2(4,5)1(6)7/h2-6H,10H2,1H3;(H,6,7). The molecule has 0 radical (unpaired) electrons. The summed E-state index contributed by atoms with van der Waals surface area (Å²) in [5.74, 6) is -1.80. The first-order valence-corrected chi connectivity index (χ1v) is 5.51. The largest absolute Gasteiger partial charge is 0.490 e. The monoisotopic (exact) mass is 304 g/mol. The summed E-state index contributed by atoms with van der Waals surface area (Å²) in [6.07, 6.45) is -1.72. The van der Waals surface area contributed by atoms with E-state index in [1.54, 1.807) is 19.3 Å². The number of pyridine rings is 1. The minimum atomic E-state index is -5.08. The summed E-state index contributed by atoms with van der Waals surface area (Å²) in [7, 11) is 0. The smallest absolute Gasteiger partial charge is 0.475 e. The number of alkyl halides is 3. The van der Waals surface area contributed by atoms with Crippen molar-refractivity contribution in [2.45, 2.75) is 19.1 Å². The van der Waals surface area contributed by atoms with E-state index in [0.717, 1.165) is 5.56 Å². The number of halogens is 3. The van der Waals surface area contributed by atoms with Crippen molar-refractivity contribution in [3.05, 3.63) is 30.4 Å². The van der Waals surface area contributed by atoms with Crippen LogP contribution in [0.4, 0.5) is 13.2 Å². The molecule has 0 aromatic carbocycles. The Labute approximate surface area is 116 Å². The molecule has 0 amide bonds. The summed E-state index contributed by atoms with van der Waals surface area (Å²) in [5, 5.41) is 10.9. The average molecular weight is 304 g/mol. The van der Waals surface area contributed by atoms with Gasteiger partial charge in [-0.1, -0.05) is 5.16 Å². The van der Waals surface area contributed by atoms with Crippen LogP contribution in [0.5, 0.6) is 0 Å². The summed E-state index contributed by atoms with van der Waals surface area (Å²) in [5.41, 5.74) is 6.42.